The van der Waals surface area contributed by atoms with Gasteiger partial charge >= 0.3 is 0 Å². The van der Waals surface area contributed by atoms with Crippen LogP contribution in [0.25, 0.3) is 0 Å². The number of likely N-dealkylation sites (tertiary alicyclic amines) is 1. The number of halogens is 1. The molecule has 0 saturated carbocycles. The molecular formula is C13H14ClNO. The molecule has 3 heteroatoms. The highest BCUT2D eigenvalue weighted by molar-refractivity contribution is 6.30. The molecule has 1 aromatic rings. The summed E-state index contributed by atoms with van der Waals surface area (Å²) in [7, 11) is 0. The van der Waals surface area contributed by atoms with Crippen molar-refractivity contribution in [1.29, 1.82) is 0 Å². The predicted molar refractivity (Wildman–Crippen MR) is 65.3 cm³/mol. The topological polar surface area (TPSA) is 20.3 Å². The van der Waals surface area contributed by atoms with E-state index in [1.54, 1.807) is 0 Å². The number of rotatable bonds is 2. The van der Waals surface area contributed by atoms with Crippen LogP contribution in [0.2, 0.25) is 5.02 Å². The first-order valence-corrected chi connectivity index (χ1v) is 5.78. The fraction of sp³-hybridized carbons (Fsp3) is 0.308. The number of carbonyl (C=O) groups excluding carboxylic acids is 1. The van der Waals surface area contributed by atoms with Crippen molar-refractivity contribution in [3.63, 3.8) is 0 Å². The Labute approximate surface area is 101 Å². The molecule has 0 N–H and O–H groups in total. The van der Waals surface area contributed by atoms with Gasteiger partial charge < -0.3 is 4.90 Å². The van der Waals surface area contributed by atoms with E-state index in [4.69, 9.17) is 11.6 Å². The standard InChI is InChI=1S/C13H14ClNO/c1-2-13(16)15-9-3-4-12(15)10-5-7-11(14)8-6-10/h2,5-8,12H,1,3-4,9H2. The molecule has 1 saturated heterocycles. The minimum Gasteiger partial charge on any atom is -0.332 e. The van der Waals surface area contributed by atoms with Crippen LogP contribution >= 0.6 is 11.6 Å². The van der Waals surface area contributed by atoms with Crippen LogP contribution in [0.3, 0.4) is 0 Å². The normalized spacial score (nSPS) is 19.8. The molecule has 0 bridgehead atoms. The summed E-state index contributed by atoms with van der Waals surface area (Å²) in [5, 5.41) is 0.725. The second kappa shape index (κ2) is 4.71. The Morgan fingerprint density at radius 1 is 1.44 bits per heavy atom. The van der Waals surface area contributed by atoms with Crippen LogP contribution in [0.1, 0.15) is 24.4 Å². The molecule has 1 aromatic carbocycles. The zero-order valence-corrected chi connectivity index (χ0v) is 9.78. The van der Waals surface area contributed by atoms with E-state index in [0.29, 0.717) is 0 Å². The van der Waals surface area contributed by atoms with Crippen LogP contribution in [0, 0.1) is 0 Å². The van der Waals surface area contributed by atoms with Crippen molar-refractivity contribution in [1.82, 2.24) is 4.90 Å². The largest absolute Gasteiger partial charge is 0.332 e. The molecule has 1 aliphatic heterocycles. The van der Waals surface area contributed by atoms with Gasteiger partial charge in [-0.05, 0) is 36.6 Å². The summed E-state index contributed by atoms with van der Waals surface area (Å²) in [5.74, 6) is 0.0115. The maximum atomic E-state index is 11.6. The Hall–Kier alpha value is -1.28. The van der Waals surface area contributed by atoms with Gasteiger partial charge in [0.05, 0.1) is 6.04 Å². The molecular weight excluding hydrogens is 222 g/mol. The molecule has 1 atom stereocenters. The van der Waals surface area contributed by atoms with Crippen LogP contribution in [0.15, 0.2) is 36.9 Å². The summed E-state index contributed by atoms with van der Waals surface area (Å²) in [4.78, 5) is 13.5. The molecule has 0 radical (unpaired) electrons. The summed E-state index contributed by atoms with van der Waals surface area (Å²) in [6.07, 6.45) is 3.45. The van der Waals surface area contributed by atoms with Crippen molar-refractivity contribution in [2.24, 2.45) is 0 Å². The average molecular weight is 236 g/mol. The van der Waals surface area contributed by atoms with Gasteiger partial charge in [-0.3, -0.25) is 4.79 Å². The van der Waals surface area contributed by atoms with Crippen molar-refractivity contribution >= 4 is 17.5 Å². The van der Waals surface area contributed by atoms with E-state index in [1.165, 1.54) is 6.08 Å². The van der Waals surface area contributed by atoms with Gasteiger partial charge in [-0.25, -0.2) is 0 Å². The minimum atomic E-state index is 0.0115. The van der Waals surface area contributed by atoms with Crippen molar-refractivity contribution in [3.05, 3.63) is 47.5 Å². The third kappa shape index (κ3) is 2.12. The van der Waals surface area contributed by atoms with Crippen LogP contribution in [-0.4, -0.2) is 17.4 Å². The van der Waals surface area contributed by atoms with Crippen molar-refractivity contribution < 1.29 is 4.79 Å². The zero-order chi connectivity index (χ0) is 11.5. The fourth-order valence-corrected chi connectivity index (χ4v) is 2.31. The first-order chi connectivity index (χ1) is 7.72. The first kappa shape index (κ1) is 11.2. The number of hydrogen-bond donors (Lipinski definition) is 0. The van der Waals surface area contributed by atoms with Gasteiger partial charge in [0.2, 0.25) is 5.91 Å². The lowest BCUT2D eigenvalue weighted by Crippen LogP contribution is -2.28. The van der Waals surface area contributed by atoms with Gasteiger partial charge in [-0.1, -0.05) is 30.3 Å². The molecule has 2 rings (SSSR count). The third-order valence-corrected chi connectivity index (χ3v) is 3.22. The van der Waals surface area contributed by atoms with E-state index in [9.17, 15) is 4.79 Å². The van der Waals surface area contributed by atoms with Crippen LogP contribution in [0.5, 0.6) is 0 Å². The number of benzene rings is 1. The van der Waals surface area contributed by atoms with E-state index in [2.05, 4.69) is 6.58 Å². The first-order valence-electron chi connectivity index (χ1n) is 5.41. The van der Waals surface area contributed by atoms with Gasteiger partial charge in [-0.2, -0.15) is 0 Å². The van der Waals surface area contributed by atoms with Crippen molar-refractivity contribution in [2.75, 3.05) is 6.54 Å². The third-order valence-electron chi connectivity index (χ3n) is 2.97. The molecule has 1 unspecified atom stereocenters. The molecule has 1 aliphatic rings. The van der Waals surface area contributed by atoms with Gasteiger partial charge in [0.25, 0.3) is 0 Å². The van der Waals surface area contributed by atoms with Crippen molar-refractivity contribution in [3.8, 4) is 0 Å². The van der Waals surface area contributed by atoms with Gasteiger partial charge in [0, 0.05) is 11.6 Å². The molecule has 84 valence electrons. The lowest BCUT2D eigenvalue weighted by Gasteiger charge is -2.23. The second-order valence-corrected chi connectivity index (χ2v) is 4.38. The van der Waals surface area contributed by atoms with Crippen LogP contribution < -0.4 is 0 Å². The Kier molecular flexibility index (Phi) is 3.30. The van der Waals surface area contributed by atoms with E-state index < -0.39 is 0 Å². The Bertz CT molecular complexity index is 399. The molecule has 0 spiro atoms. The van der Waals surface area contributed by atoms with E-state index in [1.807, 2.05) is 29.2 Å². The lowest BCUT2D eigenvalue weighted by atomic mass is 10.0. The Balaban J connectivity index is 2.22. The second-order valence-electron chi connectivity index (χ2n) is 3.95. The SMILES string of the molecule is C=CC(=O)N1CCCC1c1ccc(Cl)cc1. The number of amides is 1. The molecule has 1 amide bonds. The Morgan fingerprint density at radius 3 is 2.75 bits per heavy atom. The number of hydrogen-bond acceptors (Lipinski definition) is 1. The quantitative estimate of drug-likeness (QED) is 0.721. The molecule has 0 aliphatic carbocycles. The van der Waals surface area contributed by atoms with Gasteiger partial charge in [0.1, 0.15) is 0 Å². The van der Waals surface area contributed by atoms with Crippen LogP contribution in [-0.2, 0) is 4.79 Å². The molecule has 1 fully saturated rings. The lowest BCUT2D eigenvalue weighted by molar-refractivity contribution is -0.126. The molecule has 0 aromatic heterocycles. The number of carbonyl (C=O) groups is 1. The monoisotopic (exact) mass is 235 g/mol. The average Bonchev–Trinajstić information content (AvgIpc) is 2.78. The number of nitrogens with zero attached hydrogens (tertiary/aromatic N) is 1. The summed E-state index contributed by atoms with van der Waals surface area (Å²) in [5.41, 5.74) is 1.15. The molecule has 16 heavy (non-hydrogen) atoms. The van der Waals surface area contributed by atoms with Crippen molar-refractivity contribution in [2.45, 2.75) is 18.9 Å². The zero-order valence-electron chi connectivity index (χ0n) is 9.03. The smallest absolute Gasteiger partial charge is 0.246 e. The summed E-state index contributed by atoms with van der Waals surface area (Å²) < 4.78 is 0. The van der Waals surface area contributed by atoms with E-state index >= 15 is 0 Å². The maximum Gasteiger partial charge on any atom is 0.246 e. The van der Waals surface area contributed by atoms with Gasteiger partial charge in [-0.15, -0.1) is 0 Å². The highest BCUT2D eigenvalue weighted by atomic mass is 35.5. The minimum absolute atomic E-state index is 0.0115. The fourth-order valence-electron chi connectivity index (χ4n) is 2.18. The summed E-state index contributed by atoms with van der Waals surface area (Å²) in [6.45, 7) is 4.35. The summed E-state index contributed by atoms with van der Waals surface area (Å²) in [6, 6.07) is 7.89. The van der Waals surface area contributed by atoms with E-state index in [0.717, 1.165) is 30.0 Å². The summed E-state index contributed by atoms with van der Waals surface area (Å²) >= 11 is 5.85. The highest BCUT2D eigenvalue weighted by Crippen LogP contribution is 2.32. The van der Waals surface area contributed by atoms with E-state index in [-0.39, 0.29) is 11.9 Å². The molecule has 2 nitrogen and oxygen atoms in total. The maximum absolute atomic E-state index is 11.6. The van der Waals surface area contributed by atoms with Gasteiger partial charge in [0.15, 0.2) is 0 Å². The van der Waals surface area contributed by atoms with Crippen LogP contribution in [0.4, 0.5) is 0 Å². The predicted octanol–water partition coefficient (Wildman–Crippen LogP) is 3.19. The highest BCUT2D eigenvalue weighted by Gasteiger charge is 2.28. The Morgan fingerprint density at radius 2 is 2.12 bits per heavy atom. The molecule has 1 heterocycles.